The lowest BCUT2D eigenvalue weighted by molar-refractivity contribution is 0.104. The largest absolute Gasteiger partial charge is 0.287 e. The van der Waals surface area contributed by atoms with E-state index in [2.05, 4.69) is 14.6 Å². The molecular weight excluding hydrogens is 210 g/mol. The summed E-state index contributed by atoms with van der Waals surface area (Å²) in [5.74, 6) is -0.0463. The first kappa shape index (κ1) is 9.92. The van der Waals surface area contributed by atoms with Gasteiger partial charge in [0.15, 0.2) is 0 Å². The SMILES string of the molecule is CCc1nnsc1C(=O)c1cccnc1. The highest BCUT2D eigenvalue weighted by Gasteiger charge is 2.16. The van der Waals surface area contributed by atoms with Crippen LogP contribution in [0.5, 0.6) is 0 Å². The van der Waals surface area contributed by atoms with E-state index in [0.29, 0.717) is 10.4 Å². The number of pyridine rings is 1. The van der Waals surface area contributed by atoms with Crippen molar-refractivity contribution in [3.63, 3.8) is 0 Å². The second kappa shape index (κ2) is 4.27. The molecule has 0 aliphatic rings. The van der Waals surface area contributed by atoms with Crippen LogP contribution in [0.2, 0.25) is 0 Å². The van der Waals surface area contributed by atoms with Crippen LogP contribution < -0.4 is 0 Å². The number of carbonyl (C=O) groups excluding carboxylic acids is 1. The number of aromatic nitrogens is 3. The summed E-state index contributed by atoms with van der Waals surface area (Å²) in [5.41, 5.74) is 1.34. The maximum absolute atomic E-state index is 12.0. The Morgan fingerprint density at radius 3 is 3.07 bits per heavy atom. The minimum atomic E-state index is -0.0463. The van der Waals surface area contributed by atoms with Gasteiger partial charge in [0.25, 0.3) is 0 Å². The molecule has 0 fully saturated rings. The van der Waals surface area contributed by atoms with E-state index in [9.17, 15) is 4.79 Å². The first-order chi connectivity index (χ1) is 7.33. The van der Waals surface area contributed by atoms with Gasteiger partial charge in [0, 0.05) is 18.0 Å². The number of aryl methyl sites for hydroxylation is 1. The molecule has 0 aromatic carbocycles. The van der Waals surface area contributed by atoms with E-state index in [1.807, 2.05) is 6.92 Å². The zero-order valence-electron chi connectivity index (χ0n) is 8.17. The normalized spacial score (nSPS) is 10.2. The van der Waals surface area contributed by atoms with Crippen LogP contribution in [0.25, 0.3) is 0 Å². The molecule has 0 aliphatic heterocycles. The van der Waals surface area contributed by atoms with Crippen molar-refractivity contribution in [1.82, 2.24) is 14.6 Å². The number of ketones is 1. The van der Waals surface area contributed by atoms with E-state index in [-0.39, 0.29) is 5.78 Å². The third kappa shape index (κ3) is 1.92. The van der Waals surface area contributed by atoms with Crippen LogP contribution in [0, 0.1) is 0 Å². The van der Waals surface area contributed by atoms with Crippen molar-refractivity contribution in [3.05, 3.63) is 40.7 Å². The standard InChI is InChI=1S/C10H9N3OS/c1-2-8-10(15-13-12-8)9(14)7-4-3-5-11-6-7/h3-6H,2H2,1H3. The molecule has 5 heteroatoms. The Morgan fingerprint density at radius 1 is 1.53 bits per heavy atom. The van der Waals surface area contributed by atoms with Gasteiger partial charge in [-0.3, -0.25) is 9.78 Å². The molecule has 0 amide bonds. The van der Waals surface area contributed by atoms with Crippen LogP contribution in [0.1, 0.15) is 27.9 Å². The minimum Gasteiger partial charge on any atom is -0.287 e. The highest BCUT2D eigenvalue weighted by molar-refractivity contribution is 7.08. The van der Waals surface area contributed by atoms with Gasteiger partial charge in [0.05, 0.1) is 5.69 Å². The molecule has 0 spiro atoms. The Labute approximate surface area is 91.2 Å². The van der Waals surface area contributed by atoms with E-state index in [1.165, 1.54) is 0 Å². The van der Waals surface area contributed by atoms with E-state index in [4.69, 9.17) is 0 Å². The Morgan fingerprint density at radius 2 is 2.40 bits per heavy atom. The predicted molar refractivity (Wildman–Crippen MR) is 57.0 cm³/mol. The van der Waals surface area contributed by atoms with Gasteiger partial charge in [0.1, 0.15) is 4.88 Å². The van der Waals surface area contributed by atoms with Crippen LogP contribution in [-0.4, -0.2) is 20.4 Å². The molecule has 2 aromatic heterocycles. The maximum Gasteiger partial charge on any atom is 0.208 e. The van der Waals surface area contributed by atoms with Crippen molar-refractivity contribution in [1.29, 1.82) is 0 Å². The molecule has 0 saturated heterocycles. The molecule has 4 nitrogen and oxygen atoms in total. The smallest absolute Gasteiger partial charge is 0.208 e. The monoisotopic (exact) mass is 219 g/mol. The topological polar surface area (TPSA) is 55.7 Å². The number of nitrogens with zero attached hydrogens (tertiary/aromatic N) is 3. The molecule has 0 radical (unpaired) electrons. The third-order valence-corrected chi connectivity index (χ3v) is 2.79. The van der Waals surface area contributed by atoms with Crippen molar-refractivity contribution in [2.75, 3.05) is 0 Å². The average Bonchev–Trinajstić information content (AvgIpc) is 2.77. The fourth-order valence-electron chi connectivity index (χ4n) is 1.24. The van der Waals surface area contributed by atoms with Crippen LogP contribution in [0.15, 0.2) is 24.5 Å². The highest BCUT2D eigenvalue weighted by Crippen LogP contribution is 2.16. The fraction of sp³-hybridized carbons (Fsp3) is 0.200. The van der Waals surface area contributed by atoms with E-state index in [1.54, 1.807) is 24.5 Å². The van der Waals surface area contributed by atoms with E-state index < -0.39 is 0 Å². The van der Waals surface area contributed by atoms with Crippen LogP contribution in [0.3, 0.4) is 0 Å². The maximum atomic E-state index is 12.0. The van der Waals surface area contributed by atoms with Crippen molar-refractivity contribution in [2.24, 2.45) is 0 Å². The quantitative estimate of drug-likeness (QED) is 0.738. The fourth-order valence-corrected chi connectivity index (χ4v) is 1.95. The Bertz CT molecular complexity index is 467. The molecule has 0 atom stereocenters. The number of carbonyl (C=O) groups is 1. The summed E-state index contributed by atoms with van der Waals surface area (Å²) in [6.45, 7) is 1.96. The third-order valence-electron chi connectivity index (χ3n) is 2.02. The van der Waals surface area contributed by atoms with Crippen molar-refractivity contribution in [3.8, 4) is 0 Å². The van der Waals surface area contributed by atoms with Crippen molar-refractivity contribution in [2.45, 2.75) is 13.3 Å². The Balaban J connectivity index is 2.37. The lowest BCUT2D eigenvalue weighted by atomic mass is 10.1. The first-order valence-electron chi connectivity index (χ1n) is 4.59. The number of hydrogen-bond acceptors (Lipinski definition) is 5. The molecule has 2 aromatic rings. The van der Waals surface area contributed by atoms with Crippen LogP contribution in [0.4, 0.5) is 0 Å². The molecule has 0 N–H and O–H groups in total. The second-order valence-electron chi connectivity index (χ2n) is 2.97. The van der Waals surface area contributed by atoms with Gasteiger partial charge in [-0.25, -0.2) is 0 Å². The molecule has 0 saturated carbocycles. The van der Waals surface area contributed by atoms with Crippen LogP contribution in [-0.2, 0) is 6.42 Å². The highest BCUT2D eigenvalue weighted by atomic mass is 32.1. The Hall–Kier alpha value is -1.62. The van der Waals surface area contributed by atoms with Gasteiger partial charge in [-0.1, -0.05) is 11.4 Å². The second-order valence-corrected chi connectivity index (χ2v) is 3.73. The summed E-state index contributed by atoms with van der Waals surface area (Å²) in [4.78, 5) is 16.5. The Kier molecular flexibility index (Phi) is 2.82. The lowest BCUT2D eigenvalue weighted by Gasteiger charge is -1.97. The molecule has 0 bridgehead atoms. The zero-order chi connectivity index (χ0) is 10.7. The molecule has 2 heterocycles. The minimum absolute atomic E-state index is 0.0463. The molecule has 15 heavy (non-hydrogen) atoms. The van der Waals surface area contributed by atoms with Crippen molar-refractivity contribution < 1.29 is 4.79 Å². The van der Waals surface area contributed by atoms with Gasteiger partial charge in [-0.15, -0.1) is 5.10 Å². The number of rotatable bonds is 3. The summed E-state index contributed by atoms with van der Waals surface area (Å²) in [6, 6.07) is 3.49. The molecular formula is C10H9N3OS. The lowest BCUT2D eigenvalue weighted by Crippen LogP contribution is -2.02. The molecule has 0 unspecified atom stereocenters. The van der Waals surface area contributed by atoms with Crippen LogP contribution >= 0.6 is 11.5 Å². The summed E-state index contributed by atoms with van der Waals surface area (Å²) in [5, 5.41) is 3.91. The predicted octanol–water partition coefficient (Wildman–Crippen LogP) is 1.73. The summed E-state index contributed by atoms with van der Waals surface area (Å²) in [7, 11) is 0. The van der Waals surface area contributed by atoms with E-state index in [0.717, 1.165) is 23.6 Å². The molecule has 0 aliphatic carbocycles. The van der Waals surface area contributed by atoms with E-state index >= 15 is 0 Å². The van der Waals surface area contributed by atoms with Gasteiger partial charge >= 0.3 is 0 Å². The summed E-state index contributed by atoms with van der Waals surface area (Å²) in [6.07, 6.45) is 3.92. The zero-order valence-corrected chi connectivity index (χ0v) is 8.99. The van der Waals surface area contributed by atoms with Crippen molar-refractivity contribution >= 4 is 17.3 Å². The van der Waals surface area contributed by atoms with Gasteiger partial charge < -0.3 is 0 Å². The number of hydrogen-bond donors (Lipinski definition) is 0. The van der Waals surface area contributed by atoms with Gasteiger partial charge in [-0.05, 0) is 30.1 Å². The average molecular weight is 219 g/mol. The van der Waals surface area contributed by atoms with Gasteiger partial charge in [0.2, 0.25) is 5.78 Å². The summed E-state index contributed by atoms with van der Waals surface area (Å²) >= 11 is 1.14. The van der Waals surface area contributed by atoms with Gasteiger partial charge in [-0.2, -0.15) is 0 Å². The molecule has 76 valence electrons. The summed E-state index contributed by atoms with van der Waals surface area (Å²) < 4.78 is 3.79. The molecule has 2 rings (SSSR count). The first-order valence-corrected chi connectivity index (χ1v) is 5.36.